The van der Waals surface area contributed by atoms with Crippen molar-refractivity contribution in [1.29, 1.82) is 0 Å². The van der Waals surface area contributed by atoms with Crippen LogP contribution in [-0.4, -0.2) is 25.5 Å². The highest BCUT2D eigenvalue weighted by Crippen LogP contribution is 2.08. The predicted octanol–water partition coefficient (Wildman–Crippen LogP) is 0.224. The Morgan fingerprint density at radius 1 is 1.75 bits per heavy atom. The molecule has 8 heavy (non-hydrogen) atoms. The number of rotatable bonds is 1. The summed E-state index contributed by atoms with van der Waals surface area (Å²) in [5, 5.41) is 3.05. The lowest BCUT2D eigenvalue weighted by molar-refractivity contribution is 0.0815. The van der Waals surface area contributed by atoms with Gasteiger partial charge in [0.15, 0.2) is 8.46 Å². The van der Waals surface area contributed by atoms with E-state index in [9.17, 15) is 4.57 Å². The van der Waals surface area contributed by atoms with Gasteiger partial charge in [-0.25, -0.2) is 0 Å². The molecular formula is C4H8NO2P. The van der Waals surface area contributed by atoms with E-state index in [0.717, 1.165) is 6.54 Å². The second-order valence-corrected chi connectivity index (χ2v) is 2.42. The number of hydrogen-bond acceptors (Lipinski definition) is 3. The lowest BCUT2D eigenvalue weighted by atomic mass is 10.5. The molecule has 1 aliphatic rings. The second-order valence-electron chi connectivity index (χ2n) is 1.63. The first-order chi connectivity index (χ1) is 3.93. The van der Waals surface area contributed by atoms with Crippen molar-refractivity contribution < 1.29 is 9.30 Å². The minimum absolute atomic E-state index is 0.0916. The van der Waals surface area contributed by atoms with Crippen LogP contribution in [0.25, 0.3) is 0 Å². The Kier molecular flexibility index (Phi) is 2.40. The van der Waals surface area contributed by atoms with Gasteiger partial charge in [0.2, 0.25) is 0 Å². The van der Waals surface area contributed by atoms with Gasteiger partial charge in [-0.05, 0) is 0 Å². The first-order valence-corrected chi connectivity index (χ1v) is 3.46. The van der Waals surface area contributed by atoms with Gasteiger partial charge >= 0.3 is 0 Å². The highest BCUT2D eigenvalue weighted by atomic mass is 31.1. The first-order valence-electron chi connectivity index (χ1n) is 2.58. The Bertz CT molecular complexity index is 82.1. The molecule has 1 heterocycles. The zero-order chi connectivity index (χ0) is 5.82. The van der Waals surface area contributed by atoms with Crippen LogP contribution in [0.1, 0.15) is 0 Å². The Morgan fingerprint density at radius 3 is 3.00 bits per heavy atom. The van der Waals surface area contributed by atoms with Crippen LogP contribution >= 0.6 is 8.46 Å². The summed E-state index contributed by atoms with van der Waals surface area (Å²) in [6, 6.07) is 0. The van der Waals surface area contributed by atoms with Crippen molar-refractivity contribution in [2.45, 2.75) is 5.85 Å². The molecule has 1 N–H and O–H groups in total. The van der Waals surface area contributed by atoms with Gasteiger partial charge in [0.05, 0.1) is 6.61 Å². The van der Waals surface area contributed by atoms with Crippen LogP contribution in [0.3, 0.4) is 0 Å². The Balaban J connectivity index is 2.22. The van der Waals surface area contributed by atoms with E-state index in [-0.39, 0.29) is 14.3 Å². The van der Waals surface area contributed by atoms with Gasteiger partial charge < -0.3 is 10.1 Å². The van der Waals surface area contributed by atoms with E-state index in [0.29, 0.717) is 13.2 Å². The average Bonchev–Trinajstić information content (AvgIpc) is 1.90. The third kappa shape index (κ3) is 1.51. The van der Waals surface area contributed by atoms with Gasteiger partial charge in [0.25, 0.3) is 0 Å². The van der Waals surface area contributed by atoms with Crippen LogP contribution in [0, 0.1) is 0 Å². The maximum Gasteiger partial charge on any atom is 0.188 e. The van der Waals surface area contributed by atoms with Crippen molar-refractivity contribution in [2.24, 2.45) is 0 Å². The predicted molar refractivity (Wildman–Crippen MR) is 30.2 cm³/mol. The Labute approximate surface area is 49.6 Å². The molecular weight excluding hydrogens is 125 g/mol. The van der Waals surface area contributed by atoms with E-state index in [1.54, 1.807) is 0 Å². The molecule has 0 radical (unpaired) electrons. The van der Waals surface area contributed by atoms with Crippen molar-refractivity contribution in [1.82, 2.24) is 5.32 Å². The van der Waals surface area contributed by atoms with E-state index in [1.165, 1.54) is 0 Å². The quantitative estimate of drug-likeness (QED) is 0.520. The summed E-state index contributed by atoms with van der Waals surface area (Å²) in [5.41, 5.74) is 0. The highest BCUT2D eigenvalue weighted by molar-refractivity contribution is 7.24. The van der Waals surface area contributed by atoms with Crippen molar-refractivity contribution in [3.63, 3.8) is 0 Å². The minimum atomic E-state index is -0.108. The molecule has 0 saturated carbocycles. The lowest BCUT2D eigenvalue weighted by Crippen LogP contribution is -2.35. The van der Waals surface area contributed by atoms with Gasteiger partial charge in [-0.2, -0.15) is 0 Å². The summed E-state index contributed by atoms with van der Waals surface area (Å²) in [6.45, 7) is 2.27. The molecule has 3 nitrogen and oxygen atoms in total. The molecule has 1 aliphatic heterocycles. The monoisotopic (exact) mass is 133 g/mol. The number of ether oxygens (including phenoxy) is 1. The minimum Gasteiger partial charge on any atom is -0.363 e. The summed E-state index contributed by atoms with van der Waals surface area (Å²) in [7, 11) is 0.0916. The van der Waals surface area contributed by atoms with E-state index < -0.39 is 0 Å². The molecule has 0 bridgehead atoms. The van der Waals surface area contributed by atoms with Crippen molar-refractivity contribution in [3.05, 3.63) is 0 Å². The van der Waals surface area contributed by atoms with E-state index in [1.807, 2.05) is 0 Å². The molecule has 0 aromatic rings. The first kappa shape index (κ1) is 6.14. The maximum atomic E-state index is 10.1. The summed E-state index contributed by atoms with van der Waals surface area (Å²) >= 11 is 0. The third-order valence-corrected chi connectivity index (χ3v) is 1.59. The molecule has 0 spiro atoms. The molecule has 1 unspecified atom stereocenters. The van der Waals surface area contributed by atoms with Gasteiger partial charge in [-0.1, -0.05) is 0 Å². The fraction of sp³-hybridized carbons (Fsp3) is 1.00. The lowest BCUT2D eigenvalue weighted by Gasteiger charge is -2.16. The molecule has 46 valence electrons. The standard InChI is InChI=1S/C4H8NO2P/c6-8-4-3-5-1-2-7-4/h4-5H,1-3H2. The smallest absolute Gasteiger partial charge is 0.188 e. The maximum absolute atomic E-state index is 10.1. The van der Waals surface area contributed by atoms with Crippen LogP contribution in [0.2, 0.25) is 0 Å². The van der Waals surface area contributed by atoms with Crippen molar-refractivity contribution in [3.8, 4) is 0 Å². The highest BCUT2D eigenvalue weighted by Gasteiger charge is 2.11. The van der Waals surface area contributed by atoms with Gasteiger partial charge in [-0.15, -0.1) is 0 Å². The Hall–Kier alpha value is 0.0200. The van der Waals surface area contributed by atoms with Crippen LogP contribution in [0.4, 0.5) is 0 Å². The van der Waals surface area contributed by atoms with Gasteiger partial charge in [-0.3, -0.25) is 4.57 Å². The fourth-order valence-electron chi connectivity index (χ4n) is 0.619. The van der Waals surface area contributed by atoms with E-state index in [4.69, 9.17) is 4.74 Å². The number of nitrogens with one attached hydrogen (secondary N) is 1. The summed E-state index contributed by atoms with van der Waals surface area (Å²) < 4.78 is 15.1. The summed E-state index contributed by atoms with van der Waals surface area (Å²) in [5.74, 6) is -0.108. The van der Waals surface area contributed by atoms with Crippen LogP contribution in [-0.2, 0) is 9.30 Å². The molecule has 1 atom stereocenters. The van der Waals surface area contributed by atoms with Crippen molar-refractivity contribution in [2.75, 3.05) is 19.7 Å². The normalized spacial score (nSPS) is 30.8. The zero-order valence-corrected chi connectivity index (χ0v) is 5.36. The SMILES string of the molecule is O=PC1CNCCO1. The van der Waals surface area contributed by atoms with E-state index in [2.05, 4.69) is 5.32 Å². The van der Waals surface area contributed by atoms with Crippen molar-refractivity contribution >= 4 is 8.46 Å². The fourth-order valence-corrected chi connectivity index (χ4v) is 0.989. The molecule has 0 aromatic carbocycles. The molecule has 4 heteroatoms. The van der Waals surface area contributed by atoms with Crippen LogP contribution in [0.15, 0.2) is 0 Å². The molecule has 0 amide bonds. The van der Waals surface area contributed by atoms with Gasteiger partial charge in [0, 0.05) is 13.1 Å². The second kappa shape index (κ2) is 3.13. The van der Waals surface area contributed by atoms with Crippen LogP contribution in [0.5, 0.6) is 0 Å². The van der Waals surface area contributed by atoms with Crippen LogP contribution < -0.4 is 5.32 Å². The molecule has 0 aromatic heterocycles. The molecule has 1 saturated heterocycles. The third-order valence-electron chi connectivity index (χ3n) is 1.03. The zero-order valence-electron chi connectivity index (χ0n) is 4.46. The molecule has 1 rings (SSSR count). The van der Waals surface area contributed by atoms with Gasteiger partial charge in [0.1, 0.15) is 5.85 Å². The summed E-state index contributed by atoms with van der Waals surface area (Å²) in [4.78, 5) is 0. The largest absolute Gasteiger partial charge is 0.363 e. The molecule has 1 fully saturated rings. The van der Waals surface area contributed by atoms with E-state index >= 15 is 0 Å². The molecule has 0 aliphatic carbocycles. The number of hydrogen-bond donors (Lipinski definition) is 1. The topological polar surface area (TPSA) is 38.3 Å². The summed E-state index contributed by atoms with van der Waals surface area (Å²) in [6.07, 6.45) is 0. The average molecular weight is 133 g/mol. The Morgan fingerprint density at radius 2 is 2.62 bits per heavy atom. The number of morpholine rings is 1.